The van der Waals surface area contributed by atoms with Gasteiger partial charge in [0.15, 0.2) is 17.5 Å². The van der Waals surface area contributed by atoms with Crippen molar-refractivity contribution in [2.75, 3.05) is 17.2 Å². The van der Waals surface area contributed by atoms with Gasteiger partial charge in [0.2, 0.25) is 0 Å². The van der Waals surface area contributed by atoms with Crippen LogP contribution in [0.15, 0.2) is 37.1 Å². The summed E-state index contributed by atoms with van der Waals surface area (Å²) in [4.78, 5) is 41.7. The normalized spacial score (nSPS) is 13.1. The third kappa shape index (κ3) is 6.44. The molecule has 0 radical (unpaired) electrons. The van der Waals surface area contributed by atoms with Crippen molar-refractivity contribution in [3.8, 4) is 5.88 Å². The van der Waals surface area contributed by atoms with Gasteiger partial charge in [0, 0.05) is 18.5 Å². The van der Waals surface area contributed by atoms with E-state index in [4.69, 9.17) is 4.74 Å². The number of benzene rings is 1. The molecule has 2 aromatic heterocycles. The number of carbonyl (C=O) groups excluding carboxylic acids is 2. The minimum Gasteiger partial charge on any atom is -0.389 e. The quantitative estimate of drug-likeness (QED) is 0.366. The number of hydrogen-bond donors (Lipinski definition) is 4. The first-order chi connectivity index (χ1) is 17.1. The Morgan fingerprint density at radius 3 is 2.50 bits per heavy atom. The van der Waals surface area contributed by atoms with Gasteiger partial charge in [-0.3, -0.25) is 10.1 Å². The van der Waals surface area contributed by atoms with Crippen molar-refractivity contribution in [2.24, 2.45) is 0 Å². The van der Waals surface area contributed by atoms with E-state index >= 15 is 0 Å². The Morgan fingerprint density at radius 2 is 1.83 bits per heavy atom. The van der Waals surface area contributed by atoms with Crippen LogP contribution >= 0.6 is 0 Å². The van der Waals surface area contributed by atoms with E-state index in [-0.39, 0.29) is 35.4 Å². The highest BCUT2D eigenvalue weighted by Crippen LogP contribution is 2.40. The van der Waals surface area contributed by atoms with E-state index in [1.54, 1.807) is 6.20 Å². The first kappa shape index (κ1) is 24.9. The fourth-order valence-electron chi connectivity index (χ4n) is 3.07. The number of anilines is 3. The third-order valence-corrected chi connectivity index (χ3v) is 4.99. The SMILES string of the molecule is CC(C)(O)CNC(=O)c1cc(F)c(F)cc1NC(=O)Oc1nc(C2CC2)cnc1Nc1cncnc1. The van der Waals surface area contributed by atoms with Crippen LogP contribution in [0.3, 0.4) is 0 Å². The van der Waals surface area contributed by atoms with Crippen LogP contribution < -0.4 is 20.7 Å². The van der Waals surface area contributed by atoms with Gasteiger partial charge in [0.25, 0.3) is 11.8 Å². The fourth-order valence-corrected chi connectivity index (χ4v) is 3.07. The molecule has 0 spiro atoms. The molecular formula is C23H23F2N7O4. The van der Waals surface area contributed by atoms with Crippen LogP contribution in [-0.4, -0.2) is 49.2 Å². The van der Waals surface area contributed by atoms with Gasteiger partial charge >= 0.3 is 6.09 Å². The Hall–Kier alpha value is -4.26. The summed E-state index contributed by atoms with van der Waals surface area (Å²) in [5, 5.41) is 17.4. The average molecular weight is 499 g/mol. The number of aliphatic hydroxyl groups is 1. The summed E-state index contributed by atoms with van der Waals surface area (Å²) in [5.74, 6) is -3.29. The lowest BCUT2D eigenvalue weighted by Gasteiger charge is -2.18. The van der Waals surface area contributed by atoms with Gasteiger partial charge in [-0.05, 0) is 32.8 Å². The Morgan fingerprint density at radius 1 is 1.14 bits per heavy atom. The van der Waals surface area contributed by atoms with Gasteiger partial charge in [0.1, 0.15) is 6.33 Å². The van der Waals surface area contributed by atoms with Crippen LogP contribution in [-0.2, 0) is 0 Å². The van der Waals surface area contributed by atoms with E-state index < -0.39 is 29.2 Å². The third-order valence-electron chi connectivity index (χ3n) is 4.99. The lowest BCUT2D eigenvalue weighted by atomic mass is 10.1. The highest BCUT2D eigenvalue weighted by Gasteiger charge is 2.28. The van der Waals surface area contributed by atoms with Crippen molar-refractivity contribution in [1.29, 1.82) is 0 Å². The number of rotatable bonds is 8. The van der Waals surface area contributed by atoms with Gasteiger partial charge in [-0.2, -0.15) is 0 Å². The Labute approximate surface area is 204 Å². The Balaban J connectivity index is 1.56. The summed E-state index contributed by atoms with van der Waals surface area (Å²) in [5.41, 5.74) is -0.869. The molecule has 1 saturated carbocycles. The van der Waals surface area contributed by atoms with E-state index in [0.29, 0.717) is 23.5 Å². The summed E-state index contributed by atoms with van der Waals surface area (Å²) in [7, 11) is 0. The van der Waals surface area contributed by atoms with Crippen molar-refractivity contribution >= 4 is 29.2 Å². The van der Waals surface area contributed by atoms with Crippen LogP contribution in [0.2, 0.25) is 0 Å². The van der Waals surface area contributed by atoms with Crippen molar-refractivity contribution in [3.63, 3.8) is 0 Å². The average Bonchev–Trinajstić information content (AvgIpc) is 3.66. The second kappa shape index (κ2) is 10.2. The first-order valence-electron chi connectivity index (χ1n) is 11.0. The molecule has 1 aromatic carbocycles. The predicted molar refractivity (Wildman–Crippen MR) is 124 cm³/mol. The lowest BCUT2D eigenvalue weighted by molar-refractivity contribution is 0.0694. The largest absolute Gasteiger partial charge is 0.418 e. The van der Waals surface area contributed by atoms with Crippen molar-refractivity contribution in [1.82, 2.24) is 25.3 Å². The van der Waals surface area contributed by atoms with Crippen molar-refractivity contribution in [3.05, 3.63) is 59.9 Å². The van der Waals surface area contributed by atoms with E-state index in [0.717, 1.165) is 12.8 Å². The van der Waals surface area contributed by atoms with Gasteiger partial charge < -0.3 is 20.5 Å². The molecular weight excluding hydrogens is 476 g/mol. The smallest absolute Gasteiger partial charge is 0.389 e. The summed E-state index contributed by atoms with van der Waals surface area (Å²) < 4.78 is 33.2. The summed E-state index contributed by atoms with van der Waals surface area (Å²) in [6.45, 7) is 2.74. The minimum absolute atomic E-state index is 0.0952. The molecule has 0 bridgehead atoms. The monoisotopic (exact) mass is 499 g/mol. The maximum atomic E-state index is 13.9. The zero-order valence-corrected chi connectivity index (χ0v) is 19.4. The molecule has 2 heterocycles. The molecule has 1 aliphatic carbocycles. The van der Waals surface area contributed by atoms with Crippen LogP contribution in [0, 0.1) is 11.6 Å². The highest BCUT2D eigenvalue weighted by molar-refractivity contribution is 6.03. The van der Waals surface area contributed by atoms with E-state index in [2.05, 4.69) is 35.9 Å². The zero-order valence-electron chi connectivity index (χ0n) is 19.4. The van der Waals surface area contributed by atoms with E-state index in [1.165, 1.54) is 32.6 Å². The van der Waals surface area contributed by atoms with Gasteiger partial charge in [-0.25, -0.2) is 33.5 Å². The van der Waals surface area contributed by atoms with Crippen LogP contribution in [0.5, 0.6) is 5.88 Å². The fraction of sp³-hybridized carbons (Fsp3) is 0.304. The highest BCUT2D eigenvalue weighted by atomic mass is 19.2. The number of amides is 2. The molecule has 0 aliphatic heterocycles. The molecule has 2 amide bonds. The van der Waals surface area contributed by atoms with Gasteiger partial charge in [-0.1, -0.05) is 0 Å². The Bertz CT molecular complexity index is 1280. The summed E-state index contributed by atoms with van der Waals surface area (Å²) >= 11 is 0. The zero-order chi connectivity index (χ0) is 25.9. The molecule has 1 fully saturated rings. The minimum atomic E-state index is -1.29. The molecule has 36 heavy (non-hydrogen) atoms. The molecule has 0 atom stereocenters. The predicted octanol–water partition coefficient (Wildman–Crippen LogP) is 3.28. The standard InChI is InChI=1S/C23H23F2N7O4/c1-23(2,35)10-29-20(33)14-5-15(24)16(25)6-17(14)32-22(34)36-21-19(30-13-7-26-11-27-8-13)28-9-18(31-21)12-3-4-12/h5-9,11-12,35H,3-4,10H2,1-2H3,(H,28,30)(H,29,33)(H,32,34). The van der Waals surface area contributed by atoms with Gasteiger partial charge in [0.05, 0.1) is 46.8 Å². The molecule has 4 N–H and O–H groups in total. The van der Waals surface area contributed by atoms with Gasteiger partial charge in [-0.15, -0.1) is 0 Å². The second-order valence-corrected chi connectivity index (χ2v) is 8.80. The number of nitrogens with one attached hydrogen (secondary N) is 3. The number of nitrogens with zero attached hydrogens (tertiary/aromatic N) is 4. The molecule has 4 rings (SSSR count). The summed E-state index contributed by atoms with van der Waals surface area (Å²) in [6.07, 6.45) is 6.60. The number of ether oxygens (including phenoxy) is 1. The topological polar surface area (TPSA) is 151 Å². The maximum Gasteiger partial charge on any atom is 0.418 e. The number of carbonyl (C=O) groups is 2. The first-order valence-corrected chi connectivity index (χ1v) is 11.0. The Kier molecular flexibility index (Phi) is 7.01. The lowest BCUT2D eigenvalue weighted by Crippen LogP contribution is -2.38. The van der Waals surface area contributed by atoms with Crippen LogP contribution in [0.4, 0.5) is 30.8 Å². The van der Waals surface area contributed by atoms with E-state index in [1.807, 2.05) is 0 Å². The van der Waals surface area contributed by atoms with Crippen molar-refractivity contribution < 1.29 is 28.2 Å². The summed E-state index contributed by atoms with van der Waals surface area (Å²) in [6, 6.07) is 1.29. The number of hydrogen-bond acceptors (Lipinski definition) is 9. The molecule has 0 unspecified atom stereocenters. The second-order valence-electron chi connectivity index (χ2n) is 8.80. The maximum absolute atomic E-state index is 13.9. The van der Waals surface area contributed by atoms with Crippen LogP contribution in [0.25, 0.3) is 0 Å². The molecule has 3 aromatic rings. The van der Waals surface area contributed by atoms with Crippen LogP contribution in [0.1, 0.15) is 48.7 Å². The number of aromatic nitrogens is 4. The molecule has 1 aliphatic rings. The molecule has 11 nitrogen and oxygen atoms in total. The number of halogens is 2. The van der Waals surface area contributed by atoms with E-state index in [9.17, 15) is 23.5 Å². The van der Waals surface area contributed by atoms with Crippen molar-refractivity contribution in [2.45, 2.75) is 38.2 Å². The molecule has 13 heteroatoms. The molecule has 188 valence electrons. The molecule has 0 saturated heterocycles.